The van der Waals surface area contributed by atoms with Crippen LogP contribution in [0.1, 0.15) is 37.2 Å². The molecular formula is C22H24N4O2. The number of aryl methyl sites for hydroxylation is 1. The van der Waals surface area contributed by atoms with E-state index < -0.39 is 0 Å². The van der Waals surface area contributed by atoms with Crippen LogP contribution < -0.4 is 5.32 Å². The number of hydrogen-bond acceptors (Lipinski definition) is 5. The van der Waals surface area contributed by atoms with E-state index in [1.807, 2.05) is 30.3 Å². The van der Waals surface area contributed by atoms with E-state index in [9.17, 15) is 4.79 Å². The van der Waals surface area contributed by atoms with Crippen LogP contribution in [0.2, 0.25) is 0 Å². The summed E-state index contributed by atoms with van der Waals surface area (Å²) in [5.41, 5.74) is 3.66. The van der Waals surface area contributed by atoms with E-state index >= 15 is 0 Å². The van der Waals surface area contributed by atoms with E-state index in [4.69, 9.17) is 4.74 Å². The Labute approximate surface area is 163 Å². The molecule has 5 rings (SSSR count). The van der Waals surface area contributed by atoms with Gasteiger partial charge in [-0.2, -0.15) is 5.10 Å². The van der Waals surface area contributed by atoms with Crippen molar-refractivity contribution in [2.45, 2.75) is 37.7 Å². The highest BCUT2D eigenvalue weighted by Gasteiger charge is 2.35. The molecule has 2 aromatic heterocycles. The summed E-state index contributed by atoms with van der Waals surface area (Å²) in [6.07, 6.45) is 10.1. The number of carbonyl (C=O) groups excluding carboxylic acids is 1. The average Bonchev–Trinajstić information content (AvgIpc) is 3.35. The fourth-order valence-corrected chi connectivity index (χ4v) is 4.92. The summed E-state index contributed by atoms with van der Waals surface area (Å²) in [5, 5.41) is 10.3. The Morgan fingerprint density at radius 2 is 2.04 bits per heavy atom. The minimum Gasteiger partial charge on any atom is -0.465 e. The van der Waals surface area contributed by atoms with Gasteiger partial charge < -0.3 is 10.1 Å². The molecule has 6 nitrogen and oxygen atoms in total. The van der Waals surface area contributed by atoms with Gasteiger partial charge in [0, 0.05) is 48.4 Å². The highest BCUT2D eigenvalue weighted by Crippen LogP contribution is 2.45. The van der Waals surface area contributed by atoms with E-state index in [1.165, 1.54) is 21.9 Å². The molecule has 1 atom stereocenters. The van der Waals surface area contributed by atoms with Crippen LogP contribution >= 0.6 is 0 Å². The van der Waals surface area contributed by atoms with Gasteiger partial charge in [0.05, 0.1) is 6.20 Å². The molecular weight excluding hydrogens is 352 g/mol. The highest BCUT2D eigenvalue weighted by molar-refractivity contribution is 5.93. The number of anilines is 1. The third-order valence-electron chi connectivity index (χ3n) is 6.37. The van der Waals surface area contributed by atoms with Crippen LogP contribution in [0.5, 0.6) is 0 Å². The molecule has 0 amide bonds. The Kier molecular flexibility index (Phi) is 4.26. The Balaban J connectivity index is 1.51. The minimum atomic E-state index is 0.0883. The number of carbonyl (C=O) groups is 1. The molecule has 6 heteroatoms. The Morgan fingerprint density at radius 3 is 2.79 bits per heavy atom. The van der Waals surface area contributed by atoms with Crippen LogP contribution in [-0.2, 0) is 16.6 Å². The van der Waals surface area contributed by atoms with Crippen LogP contribution in [0.3, 0.4) is 0 Å². The first-order valence-electron chi connectivity index (χ1n) is 9.97. The van der Waals surface area contributed by atoms with Crippen LogP contribution in [0, 0.1) is 5.92 Å². The van der Waals surface area contributed by atoms with Crippen LogP contribution in [0.15, 0.2) is 36.8 Å². The molecule has 1 unspecified atom stereocenters. The van der Waals surface area contributed by atoms with Crippen molar-refractivity contribution in [1.82, 2.24) is 14.8 Å². The van der Waals surface area contributed by atoms with E-state index in [2.05, 4.69) is 33.6 Å². The first-order valence-corrected chi connectivity index (χ1v) is 9.97. The van der Waals surface area contributed by atoms with E-state index in [0.717, 1.165) is 43.6 Å². The predicted molar refractivity (Wildman–Crippen MR) is 108 cm³/mol. The SMILES string of the molecule is Cn1cc(-c2ccc3cnc4c(c3c2)C(C2CCC(OC=O)CC2)CN4)cn1. The van der Waals surface area contributed by atoms with Crippen molar-refractivity contribution in [2.24, 2.45) is 13.0 Å². The zero-order valence-corrected chi connectivity index (χ0v) is 16.0. The predicted octanol–water partition coefficient (Wildman–Crippen LogP) is 3.88. The lowest BCUT2D eigenvalue weighted by atomic mass is 9.76. The molecule has 0 spiro atoms. The summed E-state index contributed by atoms with van der Waals surface area (Å²) >= 11 is 0. The van der Waals surface area contributed by atoms with Gasteiger partial charge in [-0.05, 0) is 48.6 Å². The maximum absolute atomic E-state index is 10.6. The van der Waals surface area contributed by atoms with E-state index in [1.54, 1.807) is 0 Å². The number of nitrogens with one attached hydrogen (secondary N) is 1. The van der Waals surface area contributed by atoms with Crippen molar-refractivity contribution >= 4 is 23.1 Å². The summed E-state index contributed by atoms with van der Waals surface area (Å²) in [5.74, 6) is 2.06. The third kappa shape index (κ3) is 2.93. The molecule has 0 radical (unpaired) electrons. The molecule has 1 saturated carbocycles. The highest BCUT2D eigenvalue weighted by atomic mass is 16.5. The van der Waals surface area contributed by atoms with Crippen molar-refractivity contribution in [3.8, 4) is 11.1 Å². The van der Waals surface area contributed by atoms with Gasteiger partial charge >= 0.3 is 0 Å². The fraction of sp³-hybridized carbons (Fsp3) is 0.409. The molecule has 1 aromatic carbocycles. The van der Waals surface area contributed by atoms with Gasteiger partial charge in [-0.1, -0.05) is 12.1 Å². The van der Waals surface area contributed by atoms with Gasteiger partial charge in [-0.25, -0.2) is 4.98 Å². The molecule has 2 aliphatic rings. The monoisotopic (exact) mass is 376 g/mol. The maximum Gasteiger partial charge on any atom is 0.293 e. The number of pyridine rings is 1. The van der Waals surface area contributed by atoms with E-state index in [0.29, 0.717) is 18.3 Å². The summed E-state index contributed by atoms with van der Waals surface area (Å²) in [6.45, 7) is 1.53. The molecule has 144 valence electrons. The number of nitrogens with zero attached hydrogens (tertiary/aromatic N) is 3. The van der Waals surface area contributed by atoms with Gasteiger partial charge in [0.1, 0.15) is 11.9 Å². The fourth-order valence-electron chi connectivity index (χ4n) is 4.92. The summed E-state index contributed by atoms with van der Waals surface area (Å²) < 4.78 is 7.02. The number of aromatic nitrogens is 3. The molecule has 1 N–H and O–H groups in total. The smallest absolute Gasteiger partial charge is 0.293 e. The molecule has 28 heavy (non-hydrogen) atoms. The topological polar surface area (TPSA) is 69.0 Å². The first-order chi connectivity index (χ1) is 13.7. The van der Waals surface area contributed by atoms with Crippen molar-refractivity contribution in [1.29, 1.82) is 0 Å². The molecule has 0 saturated heterocycles. The van der Waals surface area contributed by atoms with Crippen molar-refractivity contribution in [2.75, 3.05) is 11.9 Å². The normalized spacial score (nSPS) is 24.0. The zero-order valence-electron chi connectivity index (χ0n) is 16.0. The maximum atomic E-state index is 10.6. The average molecular weight is 376 g/mol. The third-order valence-corrected chi connectivity index (χ3v) is 6.37. The number of ether oxygens (including phenoxy) is 1. The van der Waals surface area contributed by atoms with Crippen LogP contribution in [-0.4, -0.2) is 33.9 Å². The largest absolute Gasteiger partial charge is 0.465 e. The second-order valence-corrected chi connectivity index (χ2v) is 7.98. The minimum absolute atomic E-state index is 0.0883. The van der Waals surface area contributed by atoms with Gasteiger partial charge in [-0.3, -0.25) is 9.48 Å². The molecule has 1 aliphatic carbocycles. The Bertz CT molecular complexity index is 1020. The molecule has 3 aromatic rings. The van der Waals surface area contributed by atoms with E-state index in [-0.39, 0.29) is 6.10 Å². The first kappa shape index (κ1) is 17.2. The van der Waals surface area contributed by atoms with Gasteiger partial charge in [0.15, 0.2) is 0 Å². The molecule has 3 heterocycles. The Hall–Kier alpha value is -2.89. The molecule has 1 aliphatic heterocycles. The number of rotatable bonds is 4. The Morgan fingerprint density at radius 1 is 1.18 bits per heavy atom. The van der Waals surface area contributed by atoms with Gasteiger partial charge in [-0.15, -0.1) is 0 Å². The quantitative estimate of drug-likeness (QED) is 0.700. The van der Waals surface area contributed by atoms with Gasteiger partial charge in [0.2, 0.25) is 0 Å². The summed E-state index contributed by atoms with van der Waals surface area (Å²) in [6, 6.07) is 6.59. The second kappa shape index (κ2) is 6.93. The van der Waals surface area contributed by atoms with Crippen LogP contribution in [0.25, 0.3) is 21.9 Å². The molecule has 0 bridgehead atoms. The lowest BCUT2D eigenvalue weighted by Gasteiger charge is -2.31. The van der Waals surface area contributed by atoms with Crippen LogP contribution in [0.4, 0.5) is 5.82 Å². The molecule has 1 fully saturated rings. The summed E-state index contributed by atoms with van der Waals surface area (Å²) in [7, 11) is 1.94. The zero-order chi connectivity index (χ0) is 19.1. The number of hydrogen-bond donors (Lipinski definition) is 1. The van der Waals surface area contributed by atoms with Crippen molar-refractivity contribution < 1.29 is 9.53 Å². The van der Waals surface area contributed by atoms with Crippen molar-refractivity contribution in [3.63, 3.8) is 0 Å². The van der Waals surface area contributed by atoms with Gasteiger partial charge in [0.25, 0.3) is 6.47 Å². The van der Waals surface area contributed by atoms with Crippen molar-refractivity contribution in [3.05, 3.63) is 42.4 Å². The number of fused-ring (bicyclic) bond motifs is 3. The standard InChI is InChI=1S/C22H24N4O2/c1-26-12-17(10-25-26)15-2-3-16-9-23-22-21(19(16)8-15)20(11-24-22)14-4-6-18(7-5-14)28-13-27/h2-3,8-10,12-14,18,20H,4-7,11H2,1H3,(H,23,24). The lowest BCUT2D eigenvalue weighted by Crippen LogP contribution is -2.25. The number of benzene rings is 1. The lowest BCUT2D eigenvalue weighted by molar-refractivity contribution is -0.135. The second-order valence-electron chi connectivity index (χ2n) is 7.98. The summed E-state index contributed by atoms with van der Waals surface area (Å²) in [4.78, 5) is 15.3.